The molecule has 5 heteroatoms. The van der Waals surface area contributed by atoms with E-state index in [0.717, 1.165) is 37.6 Å². The number of rotatable bonds is 3. The second kappa shape index (κ2) is 4.74. The Morgan fingerprint density at radius 3 is 2.88 bits per heavy atom. The average Bonchev–Trinajstić information content (AvgIpc) is 2.94. The number of aromatic nitrogens is 3. The molecule has 0 amide bonds. The number of aryl methyl sites for hydroxylation is 1. The van der Waals surface area contributed by atoms with E-state index in [0.29, 0.717) is 6.42 Å². The number of hydrogen-bond donors (Lipinski definition) is 1. The van der Waals surface area contributed by atoms with E-state index in [-0.39, 0.29) is 6.10 Å². The number of aliphatic hydroxyl groups is 1. The second-order valence-electron chi connectivity index (χ2n) is 5.11. The van der Waals surface area contributed by atoms with Crippen LogP contribution in [0.3, 0.4) is 0 Å². The molecule has 1 aromatic heterocycles. The zero-order valence-electron chi connectivity index (χ0n) is 10.2. The summed E-state index contributed by atoms with van der Waals surface area (Å²) in [5.74, 6) is 1.90. The highest BCUT2D eigenvalue weighted by molar-refractivity contribution is 4.98. The molecule has 3 rings (SSSR count). The summed E-state index contributed by atoms with van der Waals surface area (Å²) < 4.78 is 1.96. The fourth-order valence-electron chi connectivity index (χ4n) is 2.71. The molecule has 5 nitrogen and oxygen atoms in total. The maximum absolute atomic E-state index is 9.58. The van der Waals surface area contributed by atoms with Crippen LogP contribution in [0.15, 0.2) is 0 Å². The number of aliphatic hydroxyl groups excluding tert-OH is 1. The molecule has 0 radical (unpaired) electrons. The number of fused-ring (bicyclic) bond motifs is 1. The topological polar surface area (TPSA) is 54.2 Å². The van der Waals surface area contributed by atoms with Crippen molar-refractivity contribution in [2.24, 2.45) is 0 Å². The third-order valence-electron chi connectivity index (χ3n) is 3.73. The summed E-state index contributed by atoms with van der Waals surface area (Å²) in [5.41, 5.74) is 0. The molecule has 1 fully saturated rings. The highest BCUT2D eigenvalue weighted by Crippen LogP contribution is 2.14. The SMILES string of the molecule is OC1CCn2nc(CCN3CCCC3)nc2C1. The van der Waals surface area contributed by atoms with Gasteiger partial charge < -0.3 is 10.0 Å². The van der Waals surface area contributed by atoms with Crippen molar-refractivity contribution in [2.45, 2.75) is 44.8 Å². The van der Waals surface area contributed by atoms with Gasteiger partial charge in [0.15, 0.2) is 5.82 Å². The molecule has 1 aromatic rings. The lowest BCUT2D eigenvalue weighted by molar-refractivity contribution is 0.138. The molecule has 0 aliphatic carbocycles. The fourth-order valence-corrected chi connectivity index (χ4v) is 2.71. The first-order valence-corrected chi connectivity index (χ1v) is 6.64. The van der Waals surface area contributed by atoms with Crippen LogP contribution in [0, 0.1) is 0 Å². The summed E-state index contributed by atoms with van der Waals surface area (Å²) in [4.78, 5) is 7.01. The molecule has 1 unspecified atom stereocenters. The van der Waals surface area contributed by atoms with Gasteiger partial charge in [-0.05, 0) is 32.4 Å². The van der Waals surface area contributed by atoms with Crippen molar-refractivity contribution in [1.29, 1.82) is 0 Å². The standard InChI is InChI=1S/C12H20N4O/c17-10-3-8-16-12(9-10)13-11(14-16)4-7-15-5-1-2-6-15/h10,17H,1-9H2. The van der Waals surface area contributed by atoms with Crippen molar-refractivity contribution in [3.05, 3.63) is 11.6 Å². The van der Waals surface area contributed by atoms with E-state index in [4.69, 9.17) is 0 Å². The first kappa shape index (κ1) is 11.2. The van der Waals surface area contributed by atoms with Gasteiger partial charge in [0, 0.05) is 25.9 Å². The number of nitrogens with zero attached hydrogens (tertiary/aromatic N) is 4. The summed E-state index contributed by atoms with van der Waals surface area (Å²) >= 11 is 0. The van der Waals surface area contributed by atoms with Crippen molar-refractivity contribution in [3.63, 3.8) is 0 Å². The maximum Gasteiger partial charge on any atom is 0.152 e. The van der Waals surface area contributed by atoms with E-state index >= 15 is 0 Å². The predicted octanol–water partition coefficient (Wildman–Crippen LogP) is 0.223. The van der Waals surface area contributed by atoms with Gasteiger partial charge in [-0.25, -0.2) is 9.67 Å². The van der Waals surface area contributed by atoms with Gasteiger partial charge in [-0.15, -0.1) is 0 Å². The predicted molar refractivity (Wildman–Crippen MR) is 63.7 cm³/mol. The molecule has 1 saturated heterocycles. The number of likely N-dealkylation sites (tertiary alicyclic amines) is 1. The summed E-state index contributed by atoms with van der Waals surface area (Å²) in [7, 11) is 0. The third kappa shape index (κ3) is 2.50. The molecule has 0 bridgehead atoms. The third-order valence-corrected chi connectivity index (χ3v) is 3.73. The van der Waals surface area contributed by atoms with Gasteiger partial charge in [-0.1, -0.05) is 0 Å². The van der Waals surface area contributed by atoms with Crippen molar-refractivity contribution >= 4 is 0 Å². The Morgan fingerprint density at radius 2 is 2.06 bits per heavy atom. The van der Waals surface area contributed by atoms with Crippen LogP contribution in [0.25, 0.3) is 0 Å². The molecule has 1 N–H and O–H groups in total. The second-order valence-corrected chi connectivity index (χ2v) is 5.11. The first-order valence-electron chi connectivity index (χ1n) is 6.64. The van der Waals surface area contributed by atoms with Crippen LogP contribution in [0.2, 0.25) is 0 Å². The molecule has 2 aliphatic heterocycles. The minimum absolute atomic E-state index is 0.224. The molecular formula is C12H20N4O. The van der Waals surface area contributed by atoms with Crippen molar-refractivity contribution < 1.29 is 5.11 Å². The summed E-state index contributed by atoms with van der Waals surface area (Å²) in [6, 6.07) is 0. The van der Waals surface area contributed by atoms with Crippen LogP contribution in [0.1, 0.15) is 30.9 Å². The van der Waals surface area contributed by atoms with Gasteiger partial charge in [0.1, 0.15) is 5.82 Å². The van der Waals surface area contributed by atoms with E-state index < -0.39 is 0 Å². The van der Waals surface area contributed by atoms with Crippen LogP contribution in [0.4, 0.5) is 0 Å². The molecule has 94 valence electrons. The Labute approximate surface area is 101 Å². The minimum atomic E-state index is -0.224. The highest BCUT2D eigenvalue weighted by atomic mass is 16.3. The van der Waals surface area contributed by atoms with Crippen LogP contribution < -0.4 is 0 Å². The largest absolute Gasteiger partial charge is 0.393 e. The summed E-state index contributed by atoms with van der Waals surface area (Å²) in [5, 5.41) is 14.1. The lowest BCUT2D eigenvalue weighted by atomic mass is 10.1. The monoisotopic (exact) mass is 236 g/mol. The zero-order chi connectivity index (χ0) is 11.7. The Kier molecular flexibility index (Phi) is 3.11. The lowest BCUT2D eigenvalue weighted by Crippen LogP contribution is -2.23. The Morgan fingerprint density at radius 1 is 1.24 bits per heavy atom. The van der Waals surface area contributed by atoms with Gasteiger partial charge in [0.25, 0.3) is 0 Å². The Balaban J connectivity index is 1.60. The molecule has 0 saturated carbocycles. The van der Waals surface area contributed by atoms with E-state index in [1.54, 1.807) is 0 Å². The van der Waals surface area contributed by atoms with Gasteiger partial charge in [-0.3, -0.25) is 0 Å². The minimum Gasteiger partial charge on any atom is -0.393 e. The van der Waals surface area contributed by atoms with Gasteiger partial charge >= 0.3 is 0 Å². The smallest absolute Gasteiger partial charge is 0.152 e. The van der Waals surface area contributed by atoms with Crippen molar-refractivity contribution in [1.82, 2.24) is 19.7 Å². The Bertz CT molecular complexity index is 384. The van der Waals surface area contributed by atoms with Crippen LogP contribution in [-0.2, 0) is 19.4 Å². The van der Waals surface area contributed by atoms with Crippen molar-refractivity contribution in [2.75, 3.05) is 19.6 Å². The molecule has 1 atom stereocenters. The summed E-state index contributed by atoms with van der Waals surface area (Å²) in [6.07, 6.45) is 4.85. The van der Waals surface area contributed by atoms with E-state index in [1.165, 1.54) is 25.9 Å². The van der Waals surface area contributed by atoms with Crippen LogP contribution in [-0.4, -0.2) is 50.5 Å². The lowest BCUT2D eigenvalue weighted by Gasteiger charge is -2.16. The van der Waals surface area contributed by atoms with Gasteiger partial charge in [0.05, 0.1) is 6.10 Å². The number of hydrogen-bond acceptors (Lipinski definition) is 4. The molecule has 3 heterocycles. The van der Waals surface area contributed by atoms with E-state index in [2.05, 4.69) is 15.0 Å². The quantitative estimate of drug-likeness (QED) is 0.816. The van der Waals surface area contributed by atoms with E-state index in [9.17, 15) is 5.11 Å². The first-order chi connectivity index (χ1) is 8.31. The highest BCUT2D eigenvalue weighted by Gasteiger charge is 2.20. The summed E-state index contributed by atoms with van der Waals surface area (Å²) in [6.45, 7) is 4.35. The fraction of sp³-hybridized carbons (Fsp3) is 0.833. The van der Waals surface area contributed by atoms with Gasteiger partial charge in [0.2, 0.25) is 0 Å². The Hall–Kier alpha value is -0.940. The molecule has 0 spiro atoms. The normalized spacial score (nSPS) is 25.1. The van der Waals surface area contributed by atoms with Gasteiger partial charge in [-0.2, -0.15) is 5.10 Å². The maximum atomic E-state index is 9.58. The molecule has 17 heavy (non-hydrogen) atoms. The van der Waals surface area contributed by atoms with E-state index in [1.807, 2.05) is 4.68 Å². The molecule has 0 aromatic carbocycles. The van der Waals surface area contributed by atoms with Crippen LogP contribution >= 0.6 is 0 Å². The molecular weight excluding hydrogens is 216 g/mol. The van der Waals surface area contributed by atoms with Crippen LogP contribution in [0.5, 0.6) is 0 Å². The van der Waals surface area contributed by atoms with Crippen molar-refractivity contribution in [3.8, 4) is 0 Å². The molecule has 2 aliphatic rings. The zero-order valence-corrected chi connectivity index (χ0v) is 10.2. The average molecular weight is 236 g/mol.